The molecule has 2 aliphatic carbocycles. The van der Waals surface area contributed by atoms with Crippen LogP contribution >= 0.6 is 0 Å². The van der Waals surface area contributed by atoms with Gasteiger partial charge in [0.2, 0.25) is 0 Å². The van der Waals surface area contributed by atoms with Crippen LogP contribution in [0.15, 0.2) is 36.6 Å². The predicted molar refractivity (Wildman–Crippen MR) is 74.6 cm³/mol. The van der Waals surface area contributed by atoms with Gasteiger partial charge in [0.15, 0.2) is 0 Å². The van der Waals surface area contributed by atoms with E-state index in [1.54, 1.807) is 0 Å². The van der Waals surface area contributed by atoms with Crippen LogP contribution in [0.1, 0.15) is 33.6 Å². The van der Waals surface area contributed by atoms with Crippen LogP contribution in [0.3, 0.4) is 0 Å². The average molecular weight is 231 g/mol. The zero-order chi connectivity index (χ0) is 12.6. The van der Waals surface area contributed by atoms with E-state index in [4.69, 9.17) is 0 Å². The first-order valence-electron chi connectivity index (χ1n) is 6.78. The van der Waals surface area contributed by atoms with Gasteiger partial charge in [-0.3, -0.25) is 0 Å². The predicted octanol–water partition coefficient (Wildman–Crippen LogP) is 3.90. The quantitative estimate of drug-likeness (QED) is 0.707. The van der Waals surface area contributed by atoms with Crippen molar-refractivity contribution in [3.8, 4) is 0 Å². The Hall–Kier alpha value is -0.980. The maximum atomic E-state index is 4.31. The topological polar surface area (TPSA) is 12.0 Å². The van der Waals surface area contributed by atoms with Gasteiger partial charge in [-0.15, -0.1) is 0 Å². The third kappa shape index (κ3) is 1.76. The molecule has 0 radical (unpaired) electrons. The van der Waals surface area contributed by atoms with Gasteiger partial charge in [-0.1, -0.05) is 44.7 Å². The Morgan fingerprint density at radius 1 is 1.41 bits per heavy atom. The summed E-state index contributed by atoms with van der Waals surface area (Å²) in [7, 11) is 0. The summed E-state index contributed by atoms with van der Waals surface area (Å²) in [5.74, 6) is 1.89. The number of rotatable bonds is 5. The second-order valence-corrected chi connectivity index (χ2v) is 5.90. The highest BCUT2D eigenvalue weighted by molar-refractivity contribution is 5.31. The fourth-order valence-corrected chi connectivity index (χ4v) is 3.85. The number of fused-ring (bicyclic) bond motifs is 2. The lowest BCUT2D eigenvalue weighted by atomic mass is 9.65. The molecule has 0 spiro atoms. The molecular formula is C16H25N. The van der Waals surface area contributed by atoms with E-state index in [0.29, 0.717) is 17.8 Å². The molecule has 0 saturated heterocycles. The second-order valence-electron chi connectivity index (χ2n) is 5.90. The van der Waals surface area contributed by atoms with E-state index in [1.165, 1.54) is 17.7 Å². The first-order chi connectivity index (χ1) is 8.01. The number of nitrogens with one attached hydrogen (secondary N) is 1. The van der Waals surface area contributed by atoms with Crippen molar-refractivity contribution in [3.05, 3.63) is 36.6 Å². The molecule has 0 heterocycles. The fourth-order valence-electron chi connectivity index (χ4n) is 3.85. The van der Waals surface area contributed by atoms with Crippen LogP contribution in [-0.2, 0) is 0 Å². The van der Waals surface area contributed by atoms with Crippen LogP contribution in [0.25, 0.3) is 0 Å². The molecule has 0 amide bonds. The van der Waals surface area contributed by atoms with Gasteiger partial charge in [-0.25, -0.2) is 0 Å². The van der Waals surface area contributed by atoms with Crippen molar-refractivity contribution in [1.82, 2.24) is 5.32 Å². The molecule has 2 rings (SSSR count). The van der Waals surface area contributed by atoms with Gasteiger partial charge < -0.3 is 5.32 Å². The Kier molecular flexibility index (Phi) is 3.20. The average Bonchev–Trinajstić information content (AvgIpc) is 2.84. The largest absolute Gasteiger partial charge is 0.388 e. The molecule has 0 aromatic heterocycles. The Bertz CT molecular complexity index is 366. The highest BCUT2D eigenvalue weighted by atomic mass is 14.9. The van der Waals surface area contributed by atoms with Gasteiger partial charge in [-0.2, -0.15) is 0 Å². The Morgan fingerprint density at radius 2 is 2.12 bits per heavy atom. The minimum Gasteiger partial charge on any atom is -0.388 e. The summed E-state index contributed by atoms with van der Waals surface area (Å²) >= 11 is 0. The van der Waals surface area contributed by atoms with Crippen molar-refractivity contribution in [3.63, 3.8) is 0 Å². The van der Waals surface area contributed by atoms with Crippen molar-refractivity contribution in [2.75, 3.05) is 6.54 Å². The highest BCUT2D eigenvalue weighted by Crippen LogP contribution is 2.60. The monoisotopic (exact) mass is 231 g/mol. The second kappa shape index (κ2) is 4.36. The molecule has 94 valence electrons. The SMILES string of the molecule is C=C(C)C1C2C=CC(C2)[C@@]1(C)C(=C)NCCC. The maximum Gasteiger partial charge on any atom is 0.0200 e. The minimum atomic E-state index is 0.167. The molecule has 1 heteroatoms. The van der Waals surface area contributed by atoms with Crippen LogP contribution in [0.4, 0.5) is 0 Å². The molecule has 0 aromatic rings. The lowest BCUT2D eigenvalue weighted by molar-refractivity contribution is 0.235. The zero-order valence-electron chi connectivity index (χ0n) is 11.4. The van der Waals surface area contributed by atoms with Crippen LogP contribution in [0.2, 0.25) is 0 Å². The van der Waals surface area contributed by atoms with Crippen LogP contribution in [-0.4, -0.2) is 6.54 Å². The van der Waals surface area contributed by atoms with Crippen molar-refractivity contribution in [1.29, 1.82) is 0 Å². The van der Waals surface area contributed by atoms with Crippen molar-refractivity contribution in [2.24, 2.45) is 23.2 Å². The summed E-state index contributed by atoms with van der Waals surface area (Å²) in [5, 5.41) is 3.51. The fraction of sp³-hybridized carbons (Fsp3) is 0.625. The maximum absolute atomic E-state index is 4.31. The van der Waals surface area contributed by atoms with Gasteiger partial charge in [0.05, 0.1) is 0 Å². The molecule has 0 aliphatic heterocycles. The van der Waals surface area contributed by atoms with E-state index in [0.717, 1.165) is 13.0 Å². The molecule has 2 aliphatic rings. The molecule has 1 N–H and O–H groups in total. The Balaban J connectivity index is 2.25. The molecule has 3 unspecified atom stereocenters. The summed E-state index contributed by atoms with van der Waals surface area (Å²) < 4.78 is 0. The number of hydrogen-bond donors (Lipinski definition) is 1. The number of allylic oxidation sites excluding steroid dienone is 4. The molecule has 2 bridgehead atoms. The third-order valence-corrected chi connectivity index (χ3v) is 4.73. The van der Waals surface area contributed by atoms with Gasteiger partial charge in [0.25, 0.3) is 0 Å². The Morgan fingerprint density at radius 3 is 2.71 bits per heavy atom. The van der Waals surface area contributed by atoms with E-state index < -0.39 is 0 Å². The standard InChI is InChI=1S/C16H25N/c1-6-9-17-12(4)16(5)14-8-7-13(10-14)15(16)11(2)3/h7-8,13-15,17H,2,4,6,9-10H2,1,3,5H3/t13?,14?,15?,16-/m1/s1. The molecule has 0 aromatic carbocycles. The molecule has 1 fully saturated rings. The normalized spacial score (nSPS) is 38.4. The first kappa shape index (κ1) is 12.5. The molecular weight excluding hydrogens is 206 g/mol. The van der Waals surface area contributed by atoms with Crippen molar-refractivity contribution in [2.45, 2.75) is 33.6 Å². The van der Waals surface area contributed by atoms with E-state index in [9.17, 15) is 0 Å². The van der Waals surface area contributed by atoms with Gasteiger partial charge in [0.1, 0.15) is 0 Å². The summed E-state index contributed by atoms with van der Waals surface area (Å²) in [5.41, 5.74) is 2.69. The molecule has 1 saturated carbocycles. The third-order valence-electron chi connectivity index (χ3n) is 4.73. The van der Waals surface area contributed by atoms with Gasteiger partial charge in [0, 0.05) is 17.7 Å². The van der Waals surface area contributed by atoms with Crippen LogP contribution < -0.4 is 5.32 Å². The zero-order valence-corrected chi connectivity index (χ0v) is 11.4. The number of hydrogen-bond acceptors (Lipinski definition) is 1. The lowest BCUT2D eigenvalue weighted by Gasteiger charge is -2.41. The van der Waals surface area contributed by atoms with Crippen LogP contribution in [0.5, 0.6) is 0 Å². The van der Waals surface area contributed by atoms with E-state index >= 15 is 0 Å². The molecule has 17 heavy (non-hydrogen) atoms. The smallest absolute Gasteiger partial charge is 0.0200 e. The molecule has 4 atom stereocenters. The first-order valence-corrected chi connectivity index (χ1v) is 6.78. The highest BCUT2D eigenvalue weighted by Gasteiger charge is 2.54. The van der Waals surface area contributed by atoms with Crippen molar-refractivity contribution >= 4 is 0 Å². The summed E-state index contributed by atoms with van der Waals surface area (Å²) in [6.07, 6.45) is 7.21. The van der Waals surface area contributed by atoms with Crippen LogP contribution in [0, 0.1) is 23.2 Å². The minimum absolute atomic E-state index is 0.167. The lowest BCUT2D eigenvalue weighted by Crippen LogP contribution is -2.39. The summed E-state index contributed by atoms with van der Waals surface area (Å²) in [4.78, 5) is 0. The molecule has 1 nitrogen and oxygen atoms in total. The van der Waals surface area contributed by atoms with Crippen molar-refractivity contribution < 1.29 is 0 Å². The van der Waals surface area contributed by atoms with E-state index in [1.807, 2.05) is 0 Å². The Labute approximate surface area is 106 Å². The summed E-state index contributed by atoms with van der Waals surface area (Å²) in [6, 6.07) is 0. The van der Waals surface area contributed by atoms with E-state index in [2.05, 4.69) is 51.4 Å². The summed E-state index contributed by atoms with van der Waals surface area (Å²) in [6.45, 7) is 16.3. The van der Waals surface area contributed by atoms with E-state index in [-0.39, 0.29) is 5.41 Å². The van der Waals surface area contributed by atoms with Gasteiger partial charge in [-0.05, 0) is 37.5 Å². The van der Waals surface area contributed by atoms with Gasteiger partial charge >= 0.3 is 0 Å².